The maximum Gasteiger partial charge on any atom is 0.150 e. The lowest BCUT2D eigenvalue weighted by atomic mass is 10.0. The highest BCUT2D eigenvalue weighted by molar-refractivity contribution is 7.28. The van der Waals surface area contributed by atoms with Gasteiger partial charge in [0.25, 0.3) is 0 Å². The van der Waals surface area contributed by atoms with Crippen LogP contribution in [0.3, 0.4) is 0 Å². The van der Waals surface area contributed by atoms with Crippen molar-refractivity contribution < 1.29 is 4.79 Å². The Morgan fingerprint density at radius 1 is 0.933 bits per heavy atom. The number of benzene rings is 2. The molecule has 2 aromatic rings. The molecule has 0 aromatic heterocycles. The molecule has 1 unspecified atom stereocenters. The van der Waals surface area contributed by atoms with E-state index in [1.807, 2.05) is 48.5 Å². The van der Waals surface area contributed by atoms with E-state index in [4.69, 9.17) is 0 Å². The summed E-state index contributed by atoms with van der Waals surface area (Å²) in [6.45, 7) is 0. The minimum atomic E-state index is 0.723. The summed E-state index contributed by atoms with van der Waals surface area (Å²) in [6, 6.07) is 15.8. The topological polar surface area (TPSA) is 17.1 Å². The van der Waals surface area contributed by atoms with Gasteiger partial charge in [-0.15, -0.1) is 9.24 Å². The smallest absolute Gasteiger partial charge is 0.150 e. The summed E-state index contributed by atoms with van der Waals surface area (Å²) in [6.07, 6.45) is 0.884. The van der Waals surface area contributed by atoms with Crippen LogP contribution < -0.4 is 5.30 Å². The molecule has 0 heterocycles. The van der Waals surface area contributed by atoms with Crippen LogP contribution in [0.15, 0.2) is 48.5 Å². The molecule has 74 valence electrons. The van der Waals surface area contributed by atoms with Crippen LogP contribution in [-0.2, 0) is 0 Å². The Labute approximate surface area is 91.3 Å². The van der Waals surface area contributed by atoms with Crippen molar-refractivity contribution in [1.82, 2.24) is 0 Å². The molecule has 15 heavy (non-hydrogen) atoms. The van der Waals surface area contributed by atoms with Crippen molar-refractivity contribution in [2.75, 3.05) is 0 Å². The van der Waals surface area contributed by atoms with E-state index in [9.17, 15) is 4.79 Å². The van der Waals surface area contributed by atoms with Gasteiger partial charge in [0.15, 0.2) is 6.29 Å². The average Bonchev–Trinajstić information content (AvgIpc) is 2.30. The van der Waals surface area contributed by atoms with Crippen LogP contribution in [0.1, 0.15) is 10.4 Å². The Balaban J connectivity index is 2.59. The van der Waals surface area contributed by atoms with Gasteiger partial charge in [-0.2, -0.15) is 0 Å². The van der Waals surface area contributed by atoms with Gasteiger partial charge in [0.2, 0.25) is 0 Å². The fraction of sp³-hybridized carbons (Fsp3) is 0. The second-order valence-electron chi connectivity index (χ2n) is 3.29. The molecule has 0 spiro atoms. The van der Waals surface area contributed by atoms with E-state index in [0.29, 0.717) is 0 Å². The van der Waals surface area contributed by atoms with Crippen molar-refractivity contribution in [1.29, 1.82) is 0 Å². The predicted molar refractivity (Wildman–Crippen MR) is 66.6 cm³/mol. The van der Waals surface area contributed by atoms with Crippen molar-refractivity contribution in [2.45, 2.75) is 0 Å². The van der Waals surface area contributed by atoms with Gasteiger partial charge in [-0.25, -0.2) is 0 Å². The van der Waals surface area contributed by atoms with E-state index >= 15 is 0 Å². The third-order valence-corrected chi connectivity index (χ3v) is 3.00. The molecule has 0 radical (unpaired) electrons. The summed E-state index contributed by atoms with van der Waals surface area (Å²) in [5.74, 6) is 0. The number of aldehydes is 1. The number of hydrogen-bond donors (Lipinski definition) is 0. The van der Waals surface area contributed by atoms with E-state index in [1.54, 1.807) is 0 Å². The zero-order valence-corrected chi connectivity index (χ0v) is 9.34. The molecule has 0 amide bonds. The molecule has 0 aliphatic heterocycles. The Kier molecular flexibility index (Phi) is 2.94. The molecule has 0 saturated heterocycles. The summed E-state index contributed by atoms with van der Waals surface area (Å²) < 4.78 is 0. The standard InChI is InChI=1S/C13H11OP/c14-9-11-7-4-8-12(13(11)15)10-5-2-1-3-6-10/h1-9H,15H2. The molecule has 0 N–H and O–H groups in total. The minimum absolute atomic E-state index is 0.723. The van der Waals surface area contributed by atoms with Crippen LogP contribution in [-0.4, -0.2) is 6.29 Å². The van der Waals surface area contributed by atoms with Crippen LogP contribution in [0.4, 0.5) is 0 Å². The van der Waals surface area contributed by atoms with Crippen molar-refractivity contribution >= 4 is 20.8 Å². The summed E-state index contributed by atoms with van der Waals surface area (Å²) >= 11 is 0. The fourth-order valence-electron chi connectivity index (χ4n) is 1.56. The maximum absolute atomic E-state index is 10.8. The molecule has 2 aromatic carbocycles. The second kappa shape index (κ2) is 4.37. The van der Waals surface area contributed by atoms with Gasteiger partial charge in [-0.05, 0) is 16.4 Å². The molecule has 2 rings (SSSR count). The van der Waals surface area contributed by atoms with E-state index < -0.39 is 0 Å². The van der Waals surface area contributed by atoms with Gasteiger partial charge >= 0.3 is 0 Å². The fourth-order valence-corrected chi connectivity index (χ4v) is 1.98. The van der Waals surface area contributed by atoms with E-state index in [0.717, 1.165) is 28.3 Å². The molecular formula is C13H11OP. The Morgan fingerprint density at radius 2 is 1.67 bits per heavy atom. The molecule has 1 atom stereocenters. The molecule has 0 aliphatic rings. The first kappa shape index (κ1) is 10.1. The highest BCUT2D eigenvalue weighted by Gasteiger charge is 2.04. The third-order valence-electron chi connectivity index (χ3n) is 2.35. The quantitative estimate of drug-likeness (QED) is 0.555. The largest absolute Gasteiger partial charge is 0.298 e. The number of carbonyl (C=O) groups is 1. The molecule has 2 heteroatoms. The van der Waals surface area contributed by atoms with Gasteiger partial charge < -0.3 is 0 Å². The van der Waals surface area contributed by atoms with Gasteiger partial charge in [0.05, 0.1) is 0 Å². The monoisotopic (exact) mass is 214 g/mol. The first-order chi connectivity index (χ1) is 7.33. The first-order valence-corrected chi connectivity index (χ1v) is 5.30. The maximum atomic E-state index is 10.8. The van der Waals surface area contributed by atoms with Crippen molar-refractivity contribution in [3.05, 3.63) is 54.1 Å². The zero-order chi connectivity index (χ0) is 10.7. The highest BCUT2D eigenvalue weighted by Crippen LogP contribution is 2.19. The van der Waals surface area contributed by atoms with Crippen molar-refractivity contribution in [3.8, 4) is 11.1 Å². The molecular weight excluding hydrogens is 203 g/mol. The van der Waals surface area contributed by atoms with E-state index in [-0.39, 0.29) is 0 Å². The summed E-state index contributed by atoms with van der Waals surface area (Å²) in [4.78, 5) is 10.8. The summed E-state index contributed by atoms with van der Waals surface area (Å²) in [5, 5.41) is 0.957. The highest BCUT2D eigenvalue weighted by atomic mass is 31.0. The summed E-state index contributed by atoms with van der Waals surface area (Å²) in [5.41, 5.74) is 2.94. The van der Waals surface area contributed by atoms with E-state index in [2.05, 4.69) is 9.24 Å². The van der Waals surface area contributed by atoms with Crippen LogP contribution in [0, 0.1) is 0 Å². The van der Waals surface area contributed by atoms with Crippen molar-refractivity contribution in [2.24, 2.45) is 0 Å². The number of carbonyl (C=O) groups excluding carboxylic acids is 1. The molecule has 0 aliphatic carbocycles. The lowest BCUT2D eigenvalue weighted by molar-refractivity contribution is 0.112. The molecule has 0 fully saturated rings. The molecule has 1 nitrogen and oxygen atoms in total. The van der Waals surface area contributed by atoms with Gasteiger partial charge in [0.1, 0.15) is 0 Å². The lowest BCUT2D eigenvalue weighted by Gasteiger charge is -2.07. The first-order valence-electron chi connectivity index (χ1n) is 4.72. The van der Waals surface area contributed by atoms with Gasteiger partial charge in [-0.3, -0.25) is 4.79 Å². The predicted octanol–water partition coefficient (Wildman–Crippen LogP) is 2.67. The third kappa shape index (κ3) is 1.98. The Hall–Kier alpha value is -1.46. The Morgan fingerprint density at radius 3 is 2.33 bits per heavy atom. The number of rotatable bonds is 2. The normalized spacial score (nSPS) is 9.93. The number of hydrogen-bond acceptors (Lipinski definition) is 1. The van der Waals surface area contributed by atoms with Crippen LogP contribution >= 0.6 is 9.24 Å². The van der Waals surface area contributed by atoms with E-state index in [1.165, 1.54) is 0 Å². The van der Waals surface area contributed by atoms with Crippen LogP contribution in [0.5, 0.6) is 0 Å². The Bertz CT molecular complexity index is 477. The zero-order valence-electron chi connectivity index (χ0n) is 8.18. The van der Waals surface area contributed by atoms with Crippen molar-refractivity contribution in [3.63, 3.8) is 0 Å². The second-order valence-corrected chi connectivity index (χ2v) is 3.87. The summed E-state index contributed by atoms with van der Waals surface area (Å²) in [7, 11) is 2.63. The lowest BCUT2D eigenvalue weighted by Crippen LogP contribution is -2.03. The minimum Gasteiger partial charge on any atom is -0.298 e. The molecule has 0 bridgehead atoms. The van der Waals surface area contributed by atoms with Gasteiger partial charge in [-0.1, -0.05) is 48.5 Å². The van der Waals surface area contributed by atoms with Gasteiger partial charge in [0, 0.05) is 5.56 Å². The van der Waals surface area contributed by atoms with Crippen LogP contribution in [0.25, 0.3) is 11.1 Å². The van der Waals surface area contributed by atoms with Crippen LogP contribution in [0.2, 0.25) is 0 Å². The average molecular weight is 214 g/mol. The molecule has 0 saturated carbocycles. The SMILES string of the molecule is O=Cc1cccc(-c2ccccc2)c1P.